The van der Waals surface area contributed by atoms with Gasteiger partial charge in [-0.1, -0.05) is 11.8 Å². The smallest absolute Gasteiger partial charge is 0.383 e. The van der Waals surface area contributed by atoms with Gasteiger partial charge in [0.15, 0.2) is 0 Å². The number of nitrogen functional groups attached to an aromatic ring is 1. The van der Waals surface area contributed by atoms with Gasteiger partial charge in [0.05, 0.1) is 5.56 Å². The second-order valence-corrected chi connectivity index (χ2v) is 3.69. The zero-order valence-corrected chi connectivity index (χ0v) is 10.1. The minimum absolute atomic E-state index is 0.129. The monoisotopic (exact) mass is 271 g/mol. The Balaban J connectivity index is 2.75. The van der Waals surface area contributed by atoms with E-state index in [1.54, 1.807) is 0 Å². The summed E-state index contributed by atoms with van der Waals surface area (Å²) >= 11 is 0. The number of alkyl halides is 3. The van der Waals surface area contributed by atoms with E-state index >= 15 is 0 Å². The average molecular weight is 271 g/mol. The zero-order valence-electron chi connectivity index (χ0n) is 10.1. The number of rotatable bonds is 2. The van der Waals surface area contributed by atoms with Crippen LogP contribution in [0.4, 0.5) is 19.0 Å². The Labute approximate surface area is 108 Å². The molecule has 102 valence electrons. The zero-order chi connectivity index (χ0) is 14.5. The van der Waals surface area contributed by atoms with E-state index in [9.17, 15) is 18.0 Å². The Kier molecular flexibility index (Phi) is 4.75. The third kappa shape index (κ3) is 4.87. The number of halogens is 3. The molecule has 0 fully saturated rings. The van der Waals surface area contributed by atoms with Crippen molar-refractivity contribution >= 4 is 11.7 Å². The molecule has 1 aromatic heterocycles. The van der Waals surface area contributed by atoms with Crippen LogP contribution in [-0.4, -0.2) is 17.4 Å². The molecule has 3 N–H and O–H groups in total. The Morgan fingerprint density at radius 2 is 2.21 bits per heavy atom. The summed E-state index contributed by atoms with van der Waals surface area (Å²) in [5.41, 5.74) is 4.29. The topological polar surface area (TPSA) is 68.0 Å². The summed E-state index contributed by atoms with van der Waals surface area (Å²) in [4.78, 5) is 14.0. The van der Waals surface area contributed by atoms with Crippen LogP contribution in [0.15, 0.2) is 12.3 Å². The molecule has 7 heteroatoms. The molecule has 0 aliphatic heterocycles. The van der Waals surface area contributed by atoms with E-state index in [4.69, 9.17) is 5.73 Å². The highest BCUT2D eigenvalue weighted by Gasteiger charge is 2.33. The quantitative estimate of drug-likeness (QED) is 0.633. The first-order valence-corrected chi connectivity index (χ1v) is 5.36. The van der Waals surface area contributed by atoms with Crippen LogP contribution >= 0.6 is 0 Å². The SMILES string of the molecule is CC(=O)NCCC#Cc1cnc(N)c(C(F)(F)F)c1. The number of nitrogens with zero attached hydrogens (tertiary/aromatic N) is 1. The standard InChI is InChI=1S/C12H12F3N3O/c1-8(19)17-5-3-2-4-9-6-10(12(13,14)15)11(16)18-7-9/h6-7H,3,5H2,1H3,(H2,16,18)(H,17,19). The fourth-order valence-electron chi connectivity index (χ4n) is 1.24. The summed E-state index contributed by atoms with van der Waals surface area (Å²) in [5, 5.41) is 2.52. The van der Waals surface area contributed by atoms with E-state index in [1.165, 1.54) is 13.1 Å². The Morgan fingerprint density at radius 1 is 1.53 bits per heavy atom. The van der Waals surface area contributed by atoms with Gasteiger partial charge in [0.1, 0.15) is 5.82 Å². The van der Waals surface area contributed by atoms with Gasteiger partial charge in [0.2, 0.25) is 5.91 Å². The summed E-state index contributed by atoms with van der Waals surface area (Å²) < 4.78 is 37.6. The predicted octanol–water partition coefficient (Wildman–Crippen LogP) is 1.56. The van der Waals surface area contributed by atoms with Gasteiger partial charge >= 0.3 is 6.18 Å². The summed E-state index contributed by atoms with van der Waals surface area (Å²) in [5.74, 6) is 4.42. The lowest BCUT2D eigenvalue weighted by Gasteiger charge is -2.08. The van der Waals surface area contributed by atoms with Crippen LogP contribution in [0.25, 0.3) is 0 Å². The number of amides is 1. The summed E-state index contributed by atoms with van der Waals surface area (Å²) in [6, 6.07) is 0.855. The third-order valence-corrected chi connectivity index (χ3v) is 2.08. The van der Waals surface area contributed by atoms with Crippen LogP contribution in [-0.2, 0) is 11.0 Å². The van der Waals surface area contributed by atoms with Crippen LogP contribution in [0, 0.1) is 11.8 Å². The molecule has 0 atom stereocenters. The lowest BCUT2D eigenvalue weighted by molar-refractivity contribution is -0.137. The number of nitrogens with one attached hydrogen (secondary N) is 1. The largest absolute Gasteiger partial charge is 0.419 e. The maximum absolute atomic E-state index is 12.5. The molecule has 1 aromatic rings. The van der Waals surface area contributed by atoms with E-state index in [2.05, 4.69) is 22.1 Å². The highest BCUT2D eigenvalue weighted by Crippen LogP contribution is 2.32. The molecule has 1 rings (SSSR count). The first-order chi connectivity index (χ1) is 8.80. The first-order valence-electron chi connectivity index (χ1n) is 5.36. The maximum atomic E-state index is 12.5. The number of anilines is 1. The molecule has 0 aromatic carbocycles. The minimum Gasteiger partial charge on any atom is -0.383 e. The molecule has 0 aliphatic rings. The lowest BCUT2D eigenvalue weighted by atomic mass is 10.2. The molecule has 0 saturated carbocycles. The van der Waals surface area contributed by atoms with E-state index in [0.717, 1.165) is 6.07 Å². The molecule has 1 heterocycles. The molecule has 0 radical (unpaired) electrons. The first kappa shape index (κ1) is 14.8. The van der Waals surface area contributed by atoms with Gasteiger partial charge in [0.25, 0.3) is 0 Å². The van der Waals surface area contributed by atoms with Crippen molar-refractivity contribution in [2.75, 3.05) is 12.3 Å². The summed E-state index contributed by atoms with van der Waals surface area (Å²) in [6.45, 7) is 1.71. The number of aromatic nitrogens is 1. The molecule has 1 amide bonds. The van der Waals surface area contributed by atoms with Crippen molar-refractivity contribution in [3.05, 3.63) is 23.4 Å². The van der Waals surface area contributed by atoms with Crippen LogP contribution in [0.5, 0.6) is 0 Å². The lowest BCUT2D eigenvalue weighted by Crippen LogP contribution is -2.20. The van der Waals surface area contributed by atoms with Crippen molar-refractivity contribution in [1.82, 2.24) is 10.3 Å². The van der Waals surface area contributed by atoms with E-state index in [1.807, 2.05) is 0 Å². The van der Waals surface area contributed by atoms with Gasteiger partial charge in [-0.25, -0.2) is 4.98 Å². The van der Waals surface area contributed by atoms with Gasteiger partial charge in [-0.05, 0) is 6.07 Å². The van der Waals surface area contributed by atoms with Gasteiger partial charge < -0.3 is 11.1 Å². The number of hydrogen-bond donors (Lipinski definition) is 2. The van der Waals surface area contributed by atoms with Gasteiger partial charge in [0, 0.05) is 31.6 Å². The third-order valence-electron chi connectivity index (χ3n) is 2.08. The predicted molar refractivity (Wildman–Crippen MR) is 63.8 cm³/mol. The normalized spacial score (nSPS) is 10.5. The molecule has 19 heavy (non-hydrogen) atoms. The second kappa shape index (κ2) is 6.09. The van der Waals surface area contributed by atoms with Crippen LogP contribution in [0.1, 0.15) is 24.5 Å². The van der Waals surface area contributed by atoms with E-state index in [-0.39, 0.29) is 11.5 Å². The molecular formula is C12H12F3N3O. The minimum atomic E-state index is -4.55. The van der Waals surface area contributed by atoms with Gasteiger partial charge in [-0.2, -0.15) is 13.2 Å². The summed E-state index contributed by atoms with van der Waals surface area (Å²) in [6.07, 6.45) is -3.04. The van der Waals surface area contributed by atoms with Crippen LogP contribution in [0.3, 0.4) is 0 Å². The van der Waals surface area contributed by atoms with Gasteiger partial charge in [-0.3, -0.25) is 4.79 Å². The number of nitrogens with two attached hydrogens (primary N) is 1. The number of hydrogen-bond acceptors (Lipinski definition) is 3. The average Bonchev–Trinajstić information content (AvgIpc) is 2.28. The molecule has 0 bridgehead atoms. The van der Waals surface area contributed by atoms with Gasteiger partial charge in [-0.15, -0.1) is 0 Å². The van der Waals surface area contributed by atoms with Crippen molar-refractivity contribution in [2.45, 2.75) is 19.5 Å². The Hall–Kier alpha value is -2.23. The highest BCUT2D eigenvalue weighted by atomic mass is 19.4. The van der Waals surface area contributed by atoms with E-state index in [0.29, 0.717) is 13.0 Å². The molecule has 0 spiro atoms. The number of carbonyl (C=O) groups is 1. The number of carbonyl (C=O) groups excluding carboxylic acids is 1. The maximum Gasteiger partial charge on any atom is 0.419 e. The molecule has 0 saturated heterocycles. The van der Waals surface area contributed by atoms with Crippen molar-refractivity contribution in [3.63, 3.8) is 0 Å². The molecule has 0 unspecified atom stereocenters. The van der Waals surface area contributed by atoms with E-state index < -0.39 is 17.6 Å². The highest BCUT2D eigenvalue weighted by molar-refractivity contribution is 5.72. The Morgan fingerprint density at radius 3 is 2.79 bits per heavy atom. The number of pyridine rings is 1. The Bertz CT molecular complexity index is 529. The van der Waals surface area contributed by atoms with Crippen LogP contribution < -0.4 is 11.1 Å². The molecular weight excluding hydrogens is 259 g/mol. The van der Waals surface area contributed by atoms with Crippen LogP contribution in [0.2, 0.25) is 0 Å². The fraction of sp³-hybridized carbons (Fsp3) is 0.333. The van der Waals surface area contributed by atoms with Crippen molar-refractivity contribution in [3.8, 4) is 11.8 Å². The van der Waals surface area contributed by atoms with Crippen molar-refractivity contribution in [2.24, 2.45) is 0 Å². The molecule has 0 aliphatic carbocycles. The molecule has 4 nitrogen and oxygen atoms in total. The summed E-state index contributed by atoms with van der Waals surface area (Å²) in [7, 11) is 0. The second-order valence-electron chi connectivity index (χ2n) is 3.69. The fourth-order valence-corrected chi connectivity index (χ4v) is 1.24. The van der Waals surface area contributed by atoms with Crippen molar-refractivity contribution < 1.29 is 18.0 Å². The van der Waals surface area contributed by atoms with Crippen molar-refractivity contribution in [1.29, 1.82) is 0 Å².